The van der Waals surface area contributed by atoms with E-state index >= 15 is 8.90 Å². The van der Waals surface area contributed by atoms with Gasteiger partial charge in [-0.2, -0.15) is 5.10 Å². The maximum Gasteiger partial charge on any atom is 0.268 e. The van der Waals surface area contributed by atoms with Gasteiger partial charge < -0.3 is 14.0 Å². The van der Waals surface area contributed by atoms with Crippen molar-refractivity contribution in [3.8, 4) is 0 Å². The third kappa shape index (κ3) is 6.17. The number of anilines is 3. The minimum absolute atomic E-state index is 0.123. The highest BCUT2D eigenvalue weighted by atomic mass is 28.4. The number of hydrogen-bond acceptors (Lipinski definition) is 7. The smallest absolute Gasteiger partial charge is 0.268 e. The van der Waals surface area contributed by atoms with Crippen molar-refractivity contribution < 1.29 is 23.5 Å². The van der Waals surface area contributed by atoms with Crippen LogP contribution < -0.4 is 9.91 Å². The monoisotopic (exact) mass is 742 g/mol. The van der Waals surface area contributed by atoms with E-state index in [0.29, 0.717) is 47.7 Å². The van der Waals surface area contributed by atoms with Gasteiger partial charge >= 0.3 is 0 Å². The third-order valence-corrected chi connectivity index (χ3v) is 13.6. The number of ether oxygens (including phenoxy) is 1. The second kappa shape index (κ2) is 14.2. The van der Waals surface area contributed by atoms with Gasteiger partial charge in [0.1, 0.15) is 0 Å². The van der Waals surface area contributed by atoms with E-state index in [0.717, 1.165) is 16.8 Å². The lowest BCUT2D eigenvalue weighted by molar-refractivity contribution is -0.145. The summed E-state index contributed by atoms with van der Waals surface area (Å²) in [5, 5.41) is 25.2. The van der Waals surface area contributed by atoms with Gasteiger partial charge in [0.25, 0.3) is 5.91 Å². The van der Waals surface area contributed by atoms with Crippen molar-refractivity contribution in [2.45, 2.75) is 69.0 Å². The summed E-state index contributed by atoms with van der Waals surface area (Å²) in [6.45, 7) is 5.54. The summed E-state index contributed by atoms with van der Waals surface area (Å²) in [6.07, 6.45) is 2.40. The van der Waals surface area contributed by atoms with Gasteiger partial charge in [-0.1, -0.05) is 91.0 Å². The van der Waals surface area contributed by atoms with Gasteiger partial charge in [0.15, 0.2) is 5.60 Å². The van der Waals surface area contributed by atoms with Crippen LogP contribution >= 0.6 is 0 Å². The number of aliphatic hydroxyl groups is 1. The number of aryl methyl sites for hydroxylation is 1. The molecule has 1 fully saturated rings. The number of amides is 2. The van der Waals surface area contributed by atoms with Gasteiger partial charge in [-0.25, -0.2) is 5.01 Å². The van der Waals surface area contributed by atoms with Crippen molar-refractivity contribution in [2.75, 3.05) is 16.5 Å². The number of carbonyl (C=O) groups is 2. The number of hydrogen-bond donors (Lipinski definition) is 1. The minimum Gasteiger partial charge on any atom is -0.395 e. The number of para-hydroxylation sites is 1. The Morgan fingerprint density at radius 2 is 1.61 bits per heavy atom. The van der Waals surface area contributed by atoms with Crippen LogP contribution in [0.15, 0.2) is 120 Å². The molecule has 8 rings (SSSR count). The Labute approximate surface area is 315 Å². The van der Waals surface area contributed by atoms with Crippen molar-refractivity contribution in [1.29, 1.82) is 0 Å². The molecule has 276 valence electrons. The van der Waals surface area contributed by atoms with Gasteiger partial charge in [0, 0.05) is 48.3 Å². The number of benzene rings is 4. The SMILES string of the molecule is C[C@@H]1[C@@H]([Si](C)(C)F)[C@H](CCn2cc(C(CO)c3ccccc3)nn2)O[C@@]12C(=O)N(c1ccccc1)c1ccc(N3N=C(c4ccccc4)CCC3=O)cc12. The first-order valence-corrected chi connectivity index (χ1v) is 21.5. The van der Waals surface area contributed by atoms with Gasteiger partial charge in [0.2, 0.25) is 14.3 Å². The lowest BCUT2D eigenvalue weighted by atomic mass is 9.82. The summed E-state index contributed by atoms with van der Waals surface area (Å²) in [6, 6.07) is 34.3. The average Bonchev–Trinajstić information content (AvgIpc) is 3.85. The summed E-state index contributed by atoms with van der Waals surface area (Å²) < 4.78 is 25.4. The van der Waals surface area contributed by atoms with Crippen molar-refractivity contribution in [1.82, 2.24) is 15.0 Å². The van der Waals surface area contributed by atoms with E-state index in [4.69, 9.17) is 9.84 Å². The van der Waals surface area contributed by atoms with Crippen LogP contribution in [0.5, 0.6) is 0 Å². The normalized spacial score (nSPS) is 23.2. The molecule has 1 spiro atoms. The molecule has 1 aromatic heterocycles. The first-order valence-electron chi connectivity index (χ1n) is 18.5. The fourth-order valence-corrected chi connectivity index (χ4v) is 11.2. The van der Waals surface area contributed by atoms with Crippen molar-refractivity contribution in [2.24, 2.45) is 11.0 Å². The van der Waals surface area contributed by atoms with Crippen molar-refractivity contribution in [3.05, 3.63) is 138 Å². The molecule has 0 radical (unpaired) electrons. The van der Waals surface area contributed by atoms with Gasteiger partial charge in [-0.3, -0.25) is 19.2 Å². The Morgan fingerprint density at radius 3 is 2.30 bits per heavy atom. The molecule has 4 heterocycles. The quantitative estimate of drug-likeness (QED) is 0.117. The topological polar surface area (TPSA) is 113 Å². The summed E-state index contributed by atoms with van der Waals surface area (Å²) in [4.78, 5) is 30.2. The third-order valence-electron chi connectivity index (χ3n) is 11.2. The Morgan fingerprint density at radius 1 is 0.926 bits per heavy atom. The number of aliphatic hydroxyl groups excluding tert-OH is 1. The molecule has 1 N–H and O–H groups in total. The molecular weight excluding hydrogens is 700 g/mol. The largest absolute Gasteiger partial charge is 0.395 e. The maximum atomic E-state index is 16.6. The van der Waals surface area contributed by atoms with Gasteiger partial charge in [-0.05, 0) is 61.0 Å². The number of nitrogens with zero attached hydrogens (tertiary/aromatic N) is 6. The van der Waals surface area contributed by atoms with Crippen LogP contribution in [0.3, 0.4) is 0 Å². The van der Waals surface area contributed by atoms with Crippen LogP contribution in [0.2, 0.25) is 18.6 Å². The molecule has 5 atom stereocenters. The highest BCUT2D eigenvalue weighted by molar-refractivity contribution is 6.72. The molecule has 10 nitrogen and oxygen atoms in total. The van der Waals surface area contributed by atoms with E-state index in [-0.39, 0.29) is 30.8 Å². The summed E-state index contributed by atoms with van der Waals surface area (Å²) in [7, 11) is -3.46. The Bertz CT molecular complexity index is 2190. The first-order chi connectivity index (χ1) is 26.1. The fourth-order valence-electron chi connectivity index (χ4n) is 8.68. The molecule has 3 aliphatic rings. The van der Waals surface area contributed by atoms with E-state index in [1.807, 2.05) is 122 Å². The molecule has 1 saturated heterocycles. The summed E-state index contributed by atoms with van der Waals surface area (Å²) in [5.74, 6) is -1.30. The number of aromatic nitrogens is 3. The second-order valence-corrected chi connectivity index (χ2v) is 18.7. The number of fused-ring (bicyclic) bond motifs is 2. The van der Waals surface area contributed by atoms with E-state index in [2.05, 4.69) is 10.3 Å². The summed E-state index contributed by atoms with van der Waals surface area (Å²) >= 11 is 0. The van der Waals surface area contributed by atoms with Crippen molar-refractivity contribution >= 4 is 43.0 Å². The Balaban J connectivity index is 1.17. The van der Waals surface area contributed by atoms with Gasteiger partial charge in [-0.15, -0.1) is 5.10 Å². The van der Waals surface area contributed by atoms with E-state index in [9.17, 15) is 9.90 Å². The number of hydrazone groups is 1. The predicted molar refractivity (Wildman–Crippen MR) is 208 cm³/mol. The lowest BCUT2D eigenvalue weighted by Gasteiger charge is -2.31. The average molecular weight is 743 g/mol. The van der Waals surface area contributed by atoms with Crippen LogP contribution in [0.25, 0.3) is 0 Å². The molecule has 3 aliphatic heterocycles. The maximum absolute atomic E-state index is 16.6. The van der Waals surface area contributed by atoms with E-state index < -0.39 is 31.6 Å². The molecule has 1 unspecified atom stereocenters. The van der Waals surface area contributed by atoms with Crippen LogP contribution in [0.1, 0.15) is 54.5 Å². The fraction of sp³-hybridized carbons (Fsp3) is 0.310. The Kier molecular flexibility index (Phi) is 9.37. The molecule has 2 amide bonds. The van der Waals surface area contributed by atoms with Crippen LogP contribution in [0, 0.1) is 5.92 Å². The van der Waals surface area contributed by atoms with E-state index in [1.54, 1.807) is 22.7 Å². The molecule has 5 aromatic rings. The van der Waals surface area contributed by atoms with Crippen LogP contribution in [-0.2, 0) is 26.5 Å². The Hall–Kier alpha value is -5.30. The molecular formula is C42H43FN6O4Si. The predicted octanol–water partition coefficient (Wildman–Crippen LogP) is 7.48. The second-order valence-electron chi connectivity index (χ2n) is 14.9. The molecule has 0 saturated carbocycles. The van der Waals surface area contributed by atoms with Crippen LogP contribution in [-0.4, -0.2) is 58.7 Å². The van der Waals surface area contributed by atoms with Crippen molar-refractivity contribution in [3.63, 3.8) is 0 Å². The molecule has 54 heavy (non-hydrogen) atoms. The zero-order valence-electron chi connectivity index (χ0n) is 30.5. The highest BCUT2D eigenvalue weighted by Crippen LogP contribution is 2.61. The standard InChI is InChI=1S/C42H43FN6O4Si/c1-28-40(54(2,3)43)38(23-24-47-26-36(44-46-47)33(27-50)29-13-7-4-8-14-29)53-42(28)34-25-32(19-21-37(34)48(41(42)52)31-17-11-6-12-18-31)49-39(51)22-20-35(45-49)30-15-9-5-10-16-30/h4-19,21,25-26,28,33,38,40,50H,20,22-24,27H2,1-3H3/t28-,33?,38+,40-,42+/m1/s1. The molecule has 4 aromatic carbocycles. The molecule has 0 bridgehead atoms. The number of halogens is 1. The van der Waals surface area contributed by atoms with Crippen LogP contribution in [0.4, 0.5) is 21.2 Å². The highest BCUT2D eigenvalue weighted by Gasteiger charge is 2.67. The van der Waals surface area contributed by atoms with E-state index in [1.165, 1.54) is 5.01 Å². The number of rotatable bonds is 10. The zero-order chi connectivity index (χ0) is 37.6. The van der Waals surface area contributed by atoms with Gasteiger partial charge in [0.05, 0.1) is 41.4 Å². The zero-order valence-corrected chi connectivity index (χ0v) is 31.5. The first kappa shape index (κ1) is 35.7. The minimum atomic E-state index is -3.46. The molecule has 12 heteroatoms. The lowest BCUT2D eigenvalue weighted by Crippen LogP contribution is -2.44. The molecule has 0 aliphatic carbocycles. The summed E-state index contributed by atoms with van der Waals surface area (Å²) in [5.41, 5.74) is 3.68. The number of carbonyl (C=O) groups excluding carboxylic acids is 2.